The summed E-state index contributed by atoms with van der Waals surface area (Å²) in [6.07, 6.45) is 0.248. The van der Waals surface area contributed by atoms with Crippen molar-refractivity contribution in [2.75, 3.05) is 11.9 Å². The van der Waals surface area contributed by atoms with Gasteiger partial charge in [-0.25, -0.2) is 0 Å². The summed E-state index contributed by atoms with van der Waals surface area (Å²) in [5.41, 5.74) is 3.20. The summed E-state index contributed by atoms with van der Waals surface area (Å²) < 4.78 is 0. The van der Waals surface area contributed by atoms with Gasteiger partial charge in [0.15, 0.2) is 0 Å². The molecule has 5 heteroatoms. The van der Waals surface area contributed by atoms with Gasteiger partial charge in [-0.2, -0.15) is 5.26 Å². The van der Waals surface area contributed by atoms with Crippen LogP contribution in [0, 0.1) is 11.3 Å². The highest BCUT2D eigenvalue weighted by molar-refractivity contribution is 5.94. The normalized spacial score (nSPS) is 10.2. The molecule has 0 unspecified atom stereocenters. The van der Waals surface area contributed by atoms with E-state index in [1.54, 1.807) is 24.3 Å². The van der Waals surface area contributed by atoms with Gasteiger partial charge in [-0.05, 0) is 35.4 Å². The van der Waals surface area contributed by atoms with E-state index >= 15 is 0 Å². The van der Waals surface area contributed by atoms with Gasteiger partial charge in [0.1, 0.15) is 0 Å². The zero-order chi connectivity index (χ0) is 20.5. The van der Waals surface area contributed by atoms with E-state index in [-0.39, 0.29) is 30.7 Å². The number of anilines is 1. The summed E-state index contributed by atoms with van der Waals surface area (Å²) in [7, 11) is 0. The first-order chi connectivity index (χ1) is 14.2. The van der Waals surface area contributed by atoms with Crippen molar-refractivity contribution in [2.24, 2.45) is 0 Å². The van der Waals surface area contributed by atoms with Crippen LogP contribution < -0.4 is 10.6 Å². The molecule has 2 amide bonds. The van der Waals surface area contributed by atoms with Crippen LogP contribution in [0.1, 0.15) is 29.0 Å². The highest BCUT2D eigenvalue weighted by atomic mass is 16.2. The molecule has 29 heavy (non-hydrogen) atoms. The lowest BCUT2D eigenvalue weighted by atomic mass is 9.88. The monoisotopic (exact) mass is 383 g/mol. The summed E-state index contributed by atoms with van der Waals surface area (Å²) >= 11 is 0. The first-order valence-corrected chi connectivity index (χ1v) is 9.32. The maximum absolute atomic E-state index is 12.5. The zero-order valence-corrected chi connectivity index (χ0v) is 15.8. The van der Waals surface area contributed by atoms with Crippen LogP contribution in [-0.2, 0) is 9.59 Å². The van der Waals surface area contributed by atoms with E-state index in [1.807, 2.05) is 66.7 Å². The first kappa shape index (κ1) is 19.8. The minimum absolute atomic E-state index is 0.0843. The second-order valence-corrected chi connectivity index (χ2v) is 6.59. The molecular weight excluding hydrogens is 362 g/mol. The Balaban J connectivity index is 1.58. The maximum atomic E-state index is 12.5. The molecule has 0 fully saturated rings. The van der Waals surface area contributed by atoms with Crippen molar-refractivity contribution in [1.82, 2.24) is 5.32 Å². The Morgan fingerprint density at radius 3 is 1.86 bits per heavy atom. The molecule has 0 saturated heterocycles. The van der Waals surface area contributed by atoms with E-state index in [2.05, 4.69) is 10.6 Å². The molecule has 0 aromatic heterocycles. The predicted octanol–water partition coefficient (Wildman–Crippen LogP) is 3.84. The Labute approximate surface area is 170 Å². The topological polar surface area (TPSA) is 82.0 Å². The quantitative estimate of drug-likeness (QED) is 0.650. The average Bonchev–Trinajstić information content (AvgIpc) is 2.78. The van der Waals surface area contributed by atoms with E-state index in [4.69, 9.17) is 5.26 Å². The summed E-state index contributed by atoms with van der Waals surface area (Å²) in [6.45, 7) is -0.116. The molecule has 144 valence electrons. The molecule has 3 rings (SSSR count). The smallest absolute Gasteiger partial charge is 0.243 e. The molecule has 5 nitrogen and oxygen atoms in total. The third-order valence-corrected chi connectivity index (χ3v) is 4.54. The highest BCUT2D eigenvalue weighted by Gasteiger charge is 2.18. The Hall–Kier alpha value is -3.91. The number of nitriles is 1. The molecular formula is C24H21N3O2. The van der Waals surface area contributed by atoms with E-state index in [0.29, 0.717) is 11.3 Å². The lowest BCUT2D eigenvalue weighted by Gasteiger charge is -2.18. The van der Waals surface area contributed by atoms with Crippen molar-refractivity contribution in [3.63, 3.8) is 0 Å². The van der Waals surface area contributed by atoms with Gasteiger partial charge in [0.25, 0.3) is 0 Å². The molecule has 3 aromatic rings. The average molecular weight is 383 g/mol. The zero-order valence-electron chi connectivity index (χ0n) is 15.8. The van der Waals surface area contributed by atoms with Crippen LogP contribution in [0.15, 0.2) is 84.9 Å². The number of carbonyl (C=O) groups excluding carboxylic acids is 2. The van der Waals surface area contributed by atoms with Gasteiger partial charge < -0.3 is 10.6 Å². The van der Waals surface area contributed by atoms with E-state index in [0.717, 1.165) is 11.1 Å². The number of benzene rings is 3. The molecule has 2 N–H and O–H groups in total. The van der Waals surface area contributed by atoms with Crippen molar-refractivity contribution >= 4 is 17.5 Å². The van der Waals surface area contributed by atoms with Crippen LogP contribution in [-0.4, -0.2) is 18.4 Å². The predicted molar refractivity (Wildman–Crippen MR) is 112 cm³/mol. The molecule has 0 atom stereocenters. The van der Waals surface area contributed by atoms with Gasteiger partial charge >= 0.3 is 0 Å². The second kappa shape index (κ2) is 9.86. The van der Waals surface area contributed by atoms with Crippen molar-refractivity contribution in [3.05, 3.63) is 102 Å². The van der Waals surface area contributed by atoms with Crippen LogP contribution in [0.2, 0.25) is 0 Å². The number of amides is 2. The number of carbonyl (C=O) groups is 2. The van der Waals surface area contributed by atoms with Gasteiger partial charge in [0, 0.05) is 18.0 Å². The summed E-state index contributed by atoms with van der Waals surface area (Å²) in [5, 5.41) is 14.2. The van der Waals surface area contributed by atoms with E-state index in [1.165, 1.54) is 0 Å². The Kier molecular flexibility index (Phi) is 6.75. The van der Waals surface area contributed by atoms with Crippen LogP contribution in [0.5, 0.6) is 0 Å². The number of hydrogen-bond acceptors (Lipinski definition) is 3. The van der Waals surface area contributed by atoms with Crippen molar-refractivity contribution in [2.45, 2.75) is 12.3 Å². The first-order valence-electron chi connectivity index (χ1n) is 9.32. The Bertz CT molecular complexity index is 954. The van der Waals surface area contributed by atoms with E-state index < -0.39 is 0 Å². The number of nitrogens with one attached hydrogen (secondary N) is 2. The lowest BCUT2D eigenvalue weighted by Crippen LogP contribution is -2.33. The molecule has 0 heterocycles. The van der Waals surface area contributed by atoms with Crippen molar-refractivity contribution < 1.29 is 9.59 Å². The summed E-state index contributed by atoms with van der Waals surface area (Å²) in [6, 6.07) is 28.3. The van der Waals surface area contributed by atoms with Crippen LogP contribution in [0.25, 0.3) is 0 Å². The Morgan fingerprint density at radius 1 is 0.793 bits per heavy atom. The van der Waals surface area contributed by atoms with Crippen molar-refractivity contribution in [3.8, 4) is 6.07 Å². The minimum atomic E-state index is -0.320. The molecule has 0 radical (unpaired) electrons. The number of nitrogens with zero attached hydrogens (tertiary/aromatic N) is 1. The fourth-order valence-electron chi connectivity index (χ4n) is 3.07. The molecule has 0 bridgehead atoms. The molecule has 0 spiro atoms. The second-order valence-electron chi connectivity index (χ2n) is 6.59. The fourth-order valence-corrected chi connectivity index (χ4v) is 3.07. The van der Waals surface area contributed by atoms with Crippen LogP contribution in [0.3, 0.4) is 0 Å². The molecule has 0 aliphatic heterocycles. The SMILES string of the molecule is N#Cc1ccc(NC(=O)CNC(=O)CC(c2ccccc2)c2ccccc2)cc1. The van der Waals surface area contributed by atoms with E-state index in [9.17, 15) is 9.59 Å². The van der Waals surface area contributed by atoms with Gasteiger partial charge in [0.2, 0.25) is 11.8 Å². The minimum Gasteiger partial charge on any atom is -0.347 e. The third-order valence-electron chi connectivity index (χ3n) is 4.54. The third kappa shape index (κ3) is 5.78. The summed E-state index contributed by atoms with van der Waals surface area (Å²) in [4.78, 5) is 24.6. The maximum Gasteiger partial charge on any atom is 0.243 e. The van der Waals surface area contributed by atoms with Gasteiger partial charge in [0.05, 0.1) is 18.2 Å². The van der Waals surface area contributed by atoms with Gasteiger partial charge in [-0.1, -0.05) is 60.7 Å². The molecule has 3 aromatic carbocycles. The van der Waals surface area contributed by atoms with Crippen LogP contribution in [0.4, 0.5) is 5.69 Å². The molecule has 0 aliphatic rings. The highest BCUT2D eigenvalue weighted by Crippen LogP contribution is 2.27. The fraction of sp³-hybridized carbons (Fsp3) is 0.125. The number of rotatable bonds is 7. The van der Waals surface area contributed by atoms with Crippen LogP contribution >= 0.6 is 0 Å². The molecule has 0 aliphatic carbocycles. The largest absolute Gasteiger partial charge is 0.347 e. The Morgan fingerprint density at radius 2 is 1.34 bits per heavy atom. The standard InChI is InChI=1S/C24H21N3O2/c25-16-18-11-13-21(14-12-18)27-24(29)17-26-23(28)15-22(19-7-3-1-4-8-19)20-9-5-2-6-10-20/h1-14,22H,15,17H2,(H,26,28)(H,27,29). The summed E-state index contributed by atoms with van der Waals surface area (Å²) in [5.74, 6) is -0.601. The number of hydrogen-bond donors (Lipinski definition) is 2. The lowest BCUT2D eigenvalue weighted by molar-refractivity contribution is -0.124. The molecule has 0 saturated carbocycles. The van der Waals surface area contributed by atoms with Gasteiger partial charge in [-0.3, -0.25) is 9.59 Å². The van der Waals surface area contributed by atoms with Gasteiger partial charge in [-0.15, -0.1) is 0 Å². The van der Waals surface area contributed by atoms with Crippen molar-refractivity contribution in [1.29, 1.82) is 5.26 Å².